The van der Waals surface area contributed by atoms with Crippen molar-refractivity contribution in [2.75, 3.05) is 0 Å². The molecule has 1 fully saturated rings. The van der Waals surface area contributed by atoms with Crippen LogP contribution in [0.4, 0.5) is 0 Å². The summed E-state index contributed by atoms with van der Waals surface area (Å²) in [7, 11) is 0. The molecule has 27 heavy (non-hydrogen) atoms. The normalized spacial score (nSPS) is 27.6. The number of hydrogen-bond acceptors (Lipinski definition) is 4. The zero-order chi connectivity index (χ0) is 20.1. The smallest absolute Gasteiger partial charge is 0.303 e. The van der Waals surface area contributed by atoms with Gasteiger partial charge in [0, 0.05) is 18.8 Å². The zero-order valence-electron chi connectivity index (χ0n) is 16.2. The van der Waals surface area contributed by atoms with Crippen molar-refractivity contribution in [1.29, 1.82) is 0 Å². The average molecular weight is 379 g/mol. The molecule has 0 bridgehead atoms. The Morgan fingerprint density at radius 2 is 1.81 bits per heavy atom. The van der Waals surface area contributed by atoms with E-state index in [0.29, 0.717) is 25.7 Å². The molecule has 0 unspecified atom stereocenters. The molecule has 5 atom stereocenters. The molecule has 4 N–H and O–H groups in total. The molecule has 152 valence electrons. The third-order valence-electron chi connectivity index (χ3n) is 4.79. The topological polar surface area (TPSA) is 98.0 Å². The first kappa shape index (κ1) is 23.3. The molecule has 0 saturated heterocycles. The van der Waals surface area contributed by atoms with Gasteiger partial charge in [-0.25, -0.2) is 0 Å². The molecule has 1 saturated carbocycles. The lowest BCUT2D eigenvalue weighted by Crippen LogP contribution is -2.20. The molecule has 0 aromatic carbocycles. The summed E-state index contributed by atoms with van der Waals surface area (Å²) in [5.41, 5.74) is 0. The van der Waals surface area contributed by atoms with Gasteiger partial charge in [-0.2, -0.15) is 0 Å². The standard InChI is InChI=1S/C22H34O5/c1-2-3-8-12-18-19(21(25)16-20(18)24)15-14-17(23)11-9-6-4-5-7-10-13-22(26)27/h3,5-9,14-15,17-21,23-25H,2,4,10-13,16H2,1H3,(H,26,27)/b7-5-,8-3-,9-6-,15-14+/t17-,18-,19-,20-,21+/m0/s1. The van der Waals surface area contributed by atoms with Gasteiger partial charge in [-0.15, -0.1) is 0 Å². The summed E-state index contributed by atoms with van der Waals surface area (Å²) >= 11 is 0. The van der Waals surface area contributed by atoms with Crippen LogP contribution in [0.3, 0.4) is 0 Å². The minimum Gasteiger partial charge on any atom is -0.481 e. The summed E-state index contributed by atoms with van der Waals surface area (Å²) in [4.78, 5) is 10.4. The second-order valence-corrected chi connectivity index (χ2v) is 7.03. The van der Waals surface area contributed by atoms with Crippen LogP contribution >= 0.6 is 0 Å². The number of carbonyl (C=O) groups is 1. The van der Waals surface area contributed by atoms with Crippen molar-refractivity contribution in [3.8, 4) is 0 Å². The highest BCUT2D eigenvalue weighted by atomic mass is 16.4. The van der Waals surface area contributed by atoms with E-state index in [-0.39, 0.29) is 18.3 Å². The van der Waals surface area contributed by atoms with Gasteiger partial charge in [0.15, 0.2) is 0 Å². The van der Waals surface area contributed by atoms with E-state index in [4.69, 9.17) is 5.11 Å². The van der Waals surface area contributed by atoms with Crippen LogP contribution in [0, 0.1) is 11.8 Å². The summed E-state index contributed by atoms with van der Waals surface area (Å²) < 4.78 is 0. The van der Waals surface area contributed by atoms with Crippen molar-refractivity contribution in [2.45, 2.75) is 70.2 Å². The molecule has 0 amide bonds. The monoisotopic (exact) mass is 378 g/mol. The summed E-state index contributed by atoms with van der Waals surface area (Å²) in [5.74, 6) is -0.955. The largest absolute Gasteiger partial charge is 0.481 e. The average Bonchev–Trinajstić information content (AvgIpc) is 2.88. The van der Waals surface area contributed by atoms with E-state index in [1.165, 1.54) is 0 Å². The summed E-state index contributed by atoms with van der Waals surface area (Å²) in [6, 6.07) is 0. The molecule has 0 radical (unpaired) electrons. The second kappa shape index (κ2) is 13.5. The Morgan fingerprint density at radius 3 is 2.52 bits per heavy atom. The summed E-state index contributed by atoms with van der Waals surface area (Å²) in [5, 5.41) is 38.9. The van der Waals surface area contributed by atoms with Gasteiger partial charge >= 0.3 is 5.97 Å². The van der Waals surface area contributed by atoms with Crippen molar-refractivity contribution in [1.82, 2.24) is 0 Å². The highest BCUT2D eigenvalue weighted by Crippen LogP contribution is 2.36. The molecule has 0 heterocycles. The Morgan fingerprint density at radius 1 is 1.07 bits per heavy atom. The molecule has 0 aromatic heterocycles. The van der Waals surface area contributed by atoms with Crippen LogP contribution in [0.1, 0.15) is 51.9 Å². The van der Waals surface area contributed by atoms with Crippen molar-refractivity contribution in [3.63, 3.8) is 0 Å². The van der Waals surface area contributed by atoms with E-state index in [2.05, 4.69) is 19.1 Å². The summed E-state index contributed by atoms with van der Waals surface area (Å²) in [6.07, 6.45) is 17.4. The first-order valence-electron chi connectivity index (χ1n) is 9.85. The maximum Gasteiger partial charge on any atom is 0.303 e. The third-order valence-corrected chi connectivity index (χ3v) is 4.79. The Hall–Kier alpha value is -1.69. The SMILES string of the molecule is CC/C=C\C[C@H]1[C@H](/C=C/[C@@H](O)C/C=C\C/C=C\CCC(=O)O)[C@H](O)C[C@@H]1O. The number of carboxylic acid groups (broad SMARTS) is 1. The van der Waals surface area contributed by atoms with Crippen LogP contribution in [0.5, 0.6) is 0 Å². The summed E-state index contributed by atoms with van der Waals surface area (Å²) in [6.45, 7) is 2.06. The van der Waals surface area contributed by atoms with Crippen LogP contribution in [0.15, 0.2) is 48.6 Å². The van der Waals surface area contributed by atoms with Gasteiger partial charge in [0.1, 0.15) is 0 Å². The van der Waals surface area contributed by atoms with E-state index in [1.54, 1.807) is 6.08 Å². The van der Waals surface area contributed by atoms with E-state index < -0.39 is 24.3 Å². The predicted molar refractivity (Wildman–Crippen MR) is 107 cm³/mol. The van der Waals surface area contributed by atoms with Gasteiger partial charge in [-0.3, -0.25) is 4.79 Å². The van der Waals surface area contributed by atoms with Gasteiger partial charge in [0.25, 0.3) is 0 Å². The molecule has 0 aromatic rings. The van der Waals surface area contributed by atoms with Crippen molar-refractivity contribution < 1.29 is 25.2 Å². The molecular formula is C22H34O5. The Labute approximate surface area is 162 Å². The second-order valence-electron chi connectivity index (χ2n) is 7.03. The van der Waals surface area contributed by atoms with Gasteiger partial charge < -0.3 is 20.4 Å². The van der Waals surface area contributed by atoms with E-state index in [0.717, 1.165) is 12.8 Å². The van der Waals surface area contributed by atoms with Crippen molar-refractivity contribution in [3.05, 3.63) is 48.6 Å². The molecular weight excluding hydrogens is 344 g/mol. The van der Waals surface area contributed by atoms with Crippen LogP contribution in [-0.4, -0.2) is 44.7 Å². The number of hydrogen-bond donors (Lipinski definition) is 4. The lowest BCUT2D eigenvalue weighted by atomic mass is 9.89. The first-order chi connectivity index (χ1) is 13.0. The van der Waals surface area contributed by atoms with Crippen LogP contribution in [-0.2, 0) is 4.79 Å². The van der Waals surface area contributed by atoms with Gasteiger partial charge in [0.2, 0.25) is 0 Å². The molecule has 1 rings (SSSR count). The van der Waals surface area contributed by atoms with Crippen LogP contribution < -0.4 is 0 Å². The molecule has 5 nitrogen and oxygen atoms in total. The quantitative estimate of drug-likeness (QED) is 0.390. The van der Waals surface area contributed by atoms with E-state index >= 15 is 0 Å². The Bertz CT molecular complexity index is 535. The van der Waals surface area contributed by atoms with Gasteiger partial charge in [0.05, 0.1) is 18.3 Å². The molecule has 0 spiro atoms. The molecule has 5 heteroatoms. The minimum atomic E-state index is -0.798. The Balaban J connectivity index is 2.39. The fraction of sp³-hybridized carbons (Fsp3) is 0.591. The minimum absolute atomic E-state index is 0.0160. The molecule has 0 aliphatic heterocycles. The van der Waals surface area contributed by atoms with E-state index in [9.17, 15) is 20.1 Å². The number of aliphatic carboxylic acids is 1. The van der Waals surface area contributed by atoms with Crippen molar-refractivity contribution in [2.24, 2.45) is 11.8 Å². The van der Waals surface area contributed by atoms with Crippen LogP contribution in [0.25, 0.3) is 0 Å². The third kappa shape index (κ3) is 9.70. The maximum absolute atomic E-state index is 10.4. The molecule has 1 aliphatic carbocycles. The number of aliphatic hydroxyl groups is 3. The number of aliphatic hydroxyl groups excluding tert-OH is 3. The lowest BCUT2D eigenvalue weighted by molar-refractivity contribution is -0.136. The first-order valence-corrected chi connectivity index (χ1v) is 9.85. The highest BCUT2D eigenvalue weighted by Gasteiger charge is 2.39. The number of carboxylic acids is 1. The highest BCUT2D eigenvalue weighted by molar-refractivity contribution is 5.66. The number of allylic oxidation sites excluding steroid dienone is 5. The predicted octanol–water partition coefficient (Wildman–Crippen LogP) is 3.38. The van der Waals surface area contributed by atoms with Gasteiger partial charge in [-0.05, 0) is 38.0 Å². The maximum atomic E-state index is 10.4. The van der Waals surface area contributed by atoms with Crippen molar-refractivity contribution >= 4 is 5.97 Å². The Kier molecular flexibility index (Phi) is 11.7. The lowest BCUT2D eigenvalue weighted by Gasteiger charge is -2.19. The van der Waals surface area contributed by atoms with Gasteiger partial charge in [-0.1, -0.05) is 55.5 Å². The van der Waals surface area contributed by atoms with E-state index in [1.807, 2.05) is 30.4 Å². The van der Waals surface area contributed by atoms with Crippen LogP contribution in [0.2, 0.25) is 0 Å². The molecule has 1 aliphatic rings. The fourth-order valence-electron chi connectivity index (χ4n) is 3.29. The fourth-order valence-corrected chi connectivity index (χ4v) is 3.29. The zero-order valence-corrected chi connectivity index (χ0v) is 16.2. The number of rotatable bonds is 12.